The Hall–Kier alpha value is -1.02. The number of methoxy groups -OCH3 is 1. The molecule has 0 radical (unpaired) electrons. The fourth-order valence-electron chi connectivity index (χ4n) is 2.79. The Morgan fingerprint density at radius 2 is 1.72 bits per heavy atom. The molecule has 0 amide bonds. The molecule has 0 saturated carbocycles. The Labute approximate surface area is 112 Å². The minimum absolute atomic E-state index is 0.484. The number of rotatable bonds is 7. The molecular weight excluding hydrogens is 222 g/mol. The van der Waals surface area contributed by atoms with Crippen LogP contribution in [0.4, 0.5) is 5.69 Å². The van der Waals surface area contributed by atoms with Gasteiger partial charge in [-0.2, -0.15) is 0 Å². The van der Waals surface area contributed by atoms with Crippen molar-refractivity contribution in [3.05, 3.63) is 30.3 Å². The summed E-state index contributed by atoms with van der Waals surface area (Å²) in [7, 11) is 1.76. The molecule has 0 saturated heterocycles. The van der Waals surface area contributed by atoms with Crippen molar-refractivity contribution in [1.82, 2.24) is 0 Å². The number of para-hydroxylation sites is 1. The van der Waals surface area contributed by atoms with Crippen molar-refractivity contribution < 1.29 is 4.74 Å². The molecule has 2 nitrogen and oxygen atoms in total. The van der Waals surface area contributed by atoms with E-state index < -0.39 is 0 Å². The maximum atomic E-state index is 5.38. The zero-order valence-corrected chi connectivity index (χ0v) is 12.4. The van der Waals surface area contributed by atoms with Crippen molar-refractivity contribution in [3.63, 3.8) is 0 Å². The first-order valence-corrected chi connectivity index (χ1v) is 6.92. The van der Waals surface area contributed by atoms with E-state index in [0.29, 0.717) is 24.6 Å². The average Bonchev–Trinajstić information content (AvgIpc) is 2.37. The highest BCUT2D eigenvalue weighted by molar-refractivity contribution is 5.46. The van der Waals surface area contributed by atoms with Gasteiger partial charge in [0.25, 0.3) is 0 Å². The summed E-state index contributed by atoms with van der Waals surface area (Å²) in [6.45, 7) is 9.84. The molecule has 1 aromatic carbocycles. The summed E-state index contributed by atoms with van der Waals surface area (Å²) in [5.74, 6) is 1.37. The number of hydrogen-bond acceptors (Lipinski definition) is 2. The molecule has 102 valence electrons. The lowest BCUT2D eigenvalue weighted by atomic mass is 9.86. The molecule has 2 heteroatoms. The Morgan fingerprint density at radius 3 is 2.17 bits per heavy atom. The fourth-order valence-corrected chi connectivity index (χ4v) is 2.79. The lowest BCUT2D eigenvalue weighted by Crippen LogP contribution is -2.41. The third-order valence-corrected chi connectivity index (χ3v) is 3.79. The van der Waals surface area contributed by atoms with Crippen LogP contribution in [0.1, 0.15) is 34.1 Å². The van der Waals surface area contributed by atoms with Gasteiger partial charge in [0.1, 0.15) is 6.73 Å². The molecule has 0 spiro atoms. The van der Waals surface area contributed by atoms with Gasteiger partial charge in [-0.15, -0.1) is 0 Å². The monoisotopic (exact) mass is 249 g/mol. The van der Waals surface area contributed by atoms with Crippen molar-refractivity contribution in [2.24, 2.45) is 11.8 Å². The van der Waals surface area contributed by atoms with Gasteiger partial charge in [0.15, 0.2) is 0 Å². The quantitative estimate of drug-likeness (QED) is 0.673. The van der Waals surface area contributed by atoms with E-state index in [-0.39, 0.29) is 0 Å². The number of nitrogens with zero attached hydrogens (tertiary/aromatic N) is 1. The predicted octanol–water partition coefficient (Wildman–Crippen LogP) is 4.17. The van der Waals surface area contributed by atoms with Gasteiger partial charge in [0.2, 0.25) is 0 Å². The molecule has 0 aromatic heterocycles. The summed E-state index contributed by atoms with van der Waals surface area (Å²) >= 11 is 0. The smallest absolute Gasteiger partial charge is 0.118 e. The molecule has 0 N–H and O–H groups in total. The lowest BCUT2D eigenvalue weighted by molar-refractivity contribution is 0.174. The molecule has 18 heavy (non-hydrogen) atoms. The molecule has 2 atom stereocenters. The zero-order chi connectivity index (χ0) is 13.5. The third-order valence-electron chi connectivity index (χ3n) is 3.79. The third kappa shape index (κ3) is 3.74. The highest BCUT2D eigenvalue weighted by Crippen LogP contribution is 2.27. The van der Waals surface area contributed by atoms with E-state index in [1.165, 1.54) is 12.1 Å². The second kappa shape index (κ2) is 7.42. The van der Waals surface area contributed by atoms with Gasteiger partial charge in [-0.3, -0.25) is 0 Å². The van der Waals surface area contributed by atoms with Crippen LogP contribution in [0.25, 0.3) is 0 Å². The number of hydrogen-bond donors (Lipinski definition) is 0. The van der Waals surface area contributed by atoms with Gasteiger partial charge < -0.3 is 9.64 Å². The van der Waals surface area contributed by atoms with Crippen molar-refractivity contribution >= 4 is 5.69 Å². The largest absolute Gasteiger partial charge is 0.364 e. The van der Waals surface area contributed by atoms with Crippen LogP contribution in [0.15, 0.2) is 30.3 Å². The summed E-state index contributed by atoms with van der Waals surface area (Å²) in [6, 6.07) is 11.0. The molecule has 0 aliphatic carbocycles. The van der Waals surface area contributed by atoms with Crippen molar-refractivity contribution in [2.75, 3.05) is 18.7 Å². The molecule has 0 aliphatic heterocycles. The number of benzene rings is 1. The Bertz CT molecular complexity index is 323. The first kappa shape index (κ1) is 15.0. The molecule has 0 bridgehead atoms. The van der Waals surface area contributed by atoms with Crippen LogP contribution >= 0.6 is 0 Å². The molecule has 0 aliphatic rings. The van der Waals surface area contributed by atoms with Crippen LogP contribution in [0.2, 0.25) is 0 Å². The van der Waals surface area contributed by atoms with Crippen LogP contribution in [0.5, 0.6) is 0 Å². The Morgan fingerprint density at radius 1 is 1.11 bits per heavy atom. The van der Waals surface area contributed by atoms with Crippen molar-refractivity contribution in [3.8, 4) is 0 Å². The summed E-state index contributed by atoms with van der Waals surface area (Å²) in [5, 5.41) is 0. The SMILES string of the molecule is CCC(C(C)C)C(C)N(COC)c1ccccc1. The van der Waals surface area contributed by atoms with Crippen molar-refractivity contribution in [2.45, 2.75) is 40.2 Å². The van der Waals surface area contributed by atoms with E-state index in [2.05, 4.69) is 62.9 Å². The van der Waals surface area contributed by atoms with E-state index >= 15 is 0 Å². The van der Waals surface area contributed by atoms with Crippen LogP contribution in [0, 0.1) is 11.8 Å². The molecule has 0 heterocycles. The lowest BCUT2D eigenvalue weighted by Gasteiger charge is -2.37. The van der Waals surface area contributed by atoms with Crippen LogP contribution in [-0.2, 0) is 4.74 Å². The van der Waals surface area contributed by atoms with Crippen LogP contribution in [-0.4, -0.2) is 19.9 Å². The van der Waals surface area contributed by atoms with E-state index in [9.17, 15) is 0 Å². The van der Waals surface area contributed by atoms with E-state index in [1.54, 1.807) is 7.11 Å². The van der Waals surface area contributed by atoms with Gasteiger partial charge in [-0.25, -0.2) is 0 Å². The Balaban J connectivity index is 2.90. The van der Waals surface area contributed by atoms with E-state index in [1.807, 2.05) is 0 Å². The first-order chi connectivity index (χ1) is 8.61. The zero-order valence-electron chi connectivity index (χ0n) is 12.4. The fraction of sp³-hybridized carbons (Fsp3) is 0.625. The van der Waals surface area contributed by atoms with Gasteiger partial charge in [0.05, 0.1) is 0 Å². The highest BCUT2D eigenvalue weighted by Gasteiger charge is 2.24. The maximum absolute atomic E-state index is 5.38. The first-order valence-electron chi connectivity index (χ1n) is 6.92. The van der Waals surface area contributed by atoms with Gasteiger partial charge in [-0.05, 0) is 30.9 Å². The minimum Gasteiger partial charge on any atom is -0.364 e. The summed E-state index contributed by atoms with van der Waals surface area (Å²) in [5.41, 5.74) is 1.24. The second-order valence-corrected chi connectivity index (χ2v) is 5.28. The number of ether oxygens (including phenoxy) is 1. The Kier molecular flexibility index (Phi) is 6.20. The van der Waals surface area contributed by atoms with E-state index in [0.717, 1.165) is 0 Å². The van der Waals surface area contributed by atoms with Crippen LogP contribution < -0.4 is 4.90 Å². The van der Waals surface area contributed by atoms with Gasteiger partial charge in [-0.1, -0.05) is 45.4 Å². The van der Waals surface area contributed by atoms with E-state index in [4.69, 9.17) is 4.74 Å². The summed E-state index contributed by atoms with van der Waals surface area (Å²) < 4.78 is 5.38. The maximum Gasteiger partial charge on any atom is 0.118 e. The molecule has 2 unspecified atom stereocenters. The van der Waals surface area contributed by atoms with Crippen molar-refractivity contribution in [1.29, 1.82) is 0 Å². The summed E-state index contributed by atoms with van der Waals surface area (Å²) in [4.78, 5) is 2.36. The molecule has 0 fully saturated rings. The molecular formula is C16H27NO. The summed E-state index contributed by atoms with van der Waals surface area (Å²) in [6.07, 6.45) is 1.20. The molecule has 1 aromatic rings. The topological polar surface area (TPSA) is 12.5 Å². The normalized spacial score (nSPS) is 14.6. The minimum atomic E-state index is 0.484. The molecule has 1 rings (SSSR count). The predicted molar refractivity (Wildman–Crippen MR) is 78.9 cm³/mol. The highest BCUT2D eigenvalue weighted by atomic mass is 16.5. The van der Waals surface area contributed by atoms with Crippen LogP contribution in [0.3, 0.4) is 0 Å². The number of anilines is 1. The second-order valence-electron chi connectivity index (χ2n) is 5.28. The van der Waals surface area contributed by atoms with Gasteiger partial charge in [0, 0.05) is 18.8 Å². The van der Waals surface area contributed by atoms with Gasteiger partial charge >= 0.3 is 0 Å². The standard InChI is InChI=1S/C16H27NO/c1-6-16(13(2)3)14(4)17(12-18-5)15-10-8-7-9-11-15/h7-11,13-14,16H,6,12H2,1-5H3. The average molecular weight is 249 g/mol.